The normalized spacial score (nSPS) is 12.3. The summed E-state index contributed by atoms with van der Waals surface area (Å²) in [6.07, 6.45) is 3.24. The first kappa shape index (κ1) is 29.9. The highest BCUT2D eigenvalue weighted by Gasteiger charge is 2.27. The summed E-state index contributed by atoms with van der Waals surface area (Å²) in [5, 5.41) is 11.7. The lowest BCUT2D eigenvalue weighted by atomic mass is 9.92. The summed E-state index contributed by atoms with van der Waals surface area (Å²) in [5.74, 6) is -3.45. The van der Waals surface area contributed by atoms with E-state index in [1.165, 1.54) is 6.33 Å². The van der Waals surface area contributed by atoms with E-state index in [-0.39, 0.29) is 38.0 Å². The van der Waals surface area contributed by atoms with E-state index >= 15 is 0 Å². The number of aryl methyl sites for hydroxylation is 1. The maximum absolute atomic E-state index is 13.1. The zero-order valence-corrected chi connectivity index (χ0v) is 23.2. The minimum absolute atomic E-state index is 0.0473. The third kappa shape index (κ3) is 8.72. The van der Waals surface area contributed by atoms with Gasteiger partial charge in [-0.2, -0.15) is 0 Å². The minimum atomic E-state index is -1.08. The average Bonchev–Trinajstić information content (AvgIpc) is 3.51. The number of carbonyl (C=O) groups excluding carboxylic acids is 3. The summed E-state index contributed by atoms with van der Waals surface area (Å²) in [7, 11) is 0. The van der Waals surface area contributed by atoms with Crippen molar-refractivity contribution >= 4 is 23.6 Å². The SMILES string of the molecule is NC(=O)[C@H](CCC(=O)O)CC(=O)[C@H](Cc1cnc[nH]1)NC(=O)CCc1ccc(-c2ccc(-c3ccccc3)cc2)cc1. The summed E-state index contributed by atoms with van der Waals surface area (Å²) in [4.78, 5) is 55.6. The predicted molar refractivity (Wildman–Crippen MR) is 159 cm³/mol. The van der Waals surface area contributed by atoms with Crippen LogP contribution in [-0.4, -0.2) is 44.7 Å². The molecule has 0 aliphatic carbocycles. The standard InChI is InChI=1S/C33H34N4O5/c34-33(42)27(15-17-32(40)41)18-30(38)29(19-28-20-35-21-36-28)37-31(39)16-8-22-6-9-24(10-7-22)26-13-11-25(12-14-26)23-4-2-1-3-5-23/h1-7,9-14,20-21,27,29H,8,15-19H2,(H2,34,42)(H,35,36)(H,37,39)(H,40,41)/t27-,29+/m1/s1. The third-order valence-electron chi connectivity index (χ3n) is 7.18. The van der Waals surface area contributed by atoms with E-state index in [9.17, 15) is 19.2 Å². The lowest BCUT2D eigenvalue weighted by Crippen LogP contribution is -2.44. The van der Waals surface area contributed by atoms with Crippen LogP contribution in [0.5, 0.6) is 0 Å². The monoisotopic (exact) mass is 566 g/mol. The zero-order valence-electron chi connectivity index (χ0n) is 23.2. The van der Waals surface area contributed by atoms with Crippen LogP contribution in [0.15, 0.2) is 91.4 Å². The van der Waals surface area contributed by atoms with Crippen molar-refractivity contribution in [2.24, 2.45) is 11.7 Å². The highest BCUT2D eigenvalue weighted by molar-refractivity contribution is 5.92. The van der Waals surface area contributed by atoms with Gasteiger partial charge < -0.3 is 21.1 Å². The molecule has 4 rings (SSSR count). The Labute approximate surface area is 244 Å². The highest BCUT2D eigenvalue weighted by atomic mass is 16.4. The molecule has 2 atom stereocenters. The Balaban J connectivity index is 1.34. The van der Waals surface area contributed by atoms with Crippen LogP contribution in [0.2, 0.25) is 0 Å². The van der Waals surface area contributed by atoms with Gasteiger partial charge in [-0.3, -0.25) is 19.2 Å². The minimum Gasteiger partial charge on any atom is -0.481 e. The van der Waals surface area contributed by atoms with Gasteiger partial charge in [0.1, 0.15) is 0 Å². The summed E-state index contributed by atoms with van der Waals surface area (Å²) < 4.78 is 0. The molecule has 0 radical (unpaired) electrons. The smallest absolute Gasteiger partial charge is 0.303 e. The van der Waals surface area contributed by atoms with Crippen molar-refractivity contribution in [2.45, 2.75) is 44.6 Å². The van der Waals surface area contributed by atoms with Crippen molar-refractivity contribution in [3.8, 4) is 22.3 Å². The van der Waals surface area contributed by atoms with Gasteiger partial charge in [-0.15, -0.1) is 0 Å². The number of hydrogen-bond acceptors (Lipinski definition) is 5. The van der Waals surface area contributed by atoms with Crippen LogP contribution in [0.4, 0.5) is 0 Å². The summed E-state index contributed by atoms with van der Waals surface area (Å²) in [6.45, 7) is 0. The molecular formula is C33H34N4O5. The van der Waals surface area contributed by atoms with E-state index in [4.69, 9.17) is 10.8 Å². The third-order valence-corrected chi connectivity index (χ3v) is 7.18. The van der Waals surface area contributed by atoms with Crippen LogP contribution in [0.25, 0.3) is 22.3 Å². The number of Topliss-reactive ketones (excluding diaryl/α,β-unsaturated/α-hetero) is 1. The fourth-order valence-corrected chi connectivity index (χ4v) is 4.76. The van der Waals surface area contributed by atoms with Gasteiger partial charge in [-0.05, 0) is 40.7 Å². The largest absolute Gasteiger partial charge is 0.481 e. The van der Waals surface area contributed by atoms with Crippen LogP contribution in [0.3, 0.4) is 0 Å². The quantitative estimate of drug-likeness (QED) is 0.168. The lowest BCUT2D eigenvalue weighted by Gasteiger charge is -2.20. The summed E-state index contributed by atoms with van der Waals surface area (Å²) >= 11 is 0. The molecule has 1 heterocycles. The number of nitrogens with two attached hydrogens (primary N) is 1. The van der Waals surface area contributed by atoms with Crippen molar-refractivity contribution in [2.75, 3.05) is 0 Å². The van der Waals surface area contributed by atoms with Crippen molar-refractivity contribution in [1.82, 2.24) is 15.3 Å². The molecule has 3 aromatic carbocycles. The number of benzene rings is 3. The zero-order chi connectivity index (χ0) is 29.9. The molecule has 0 aliphatic heterocycles. The van der Waals surface area contributed by atoms with Crippen LogP contribution in [0, 0.1) is 5.92 Å². The Hall–Kier alpha value is -5.05. The molecule has 2 amide bonds. The van der Waals surface area contributed by atoms with Gasteiger partial charge in [0.25, 0.3) is 0 Å². The Morgan fingerprint density at radius 1 is 0.833 bits per heavy atom. The number of nitrogens with one attached hydrogen (secondary N) is 2. The number of ketones is 1. The maximum Gasteiger partial charge on any atom is 0.303 e. The topological polar surface area (TPSA) is 155 Å². The lowest BCUT2D eigenvalue weighted by molar-refractivity contribution is -0.138. The summed E-state index contributed by atoms with van der Waals surface area (Å²) in [6, 6.07) is 25.7. The highest BCUT2D eigenvalue weighted by Crippen LogP contribution is 2.25. The van der Waals surface area contributed by atoms with E-state index in [0.717, 1.165) is 27.8 Å². The van der Waals surface area contributed by atoms with Crippen molar-refractivity contribution in [3.05, 3.63) is 103 Å². The number of rotatable bonds is 15. The van der Waals surface area contributed by atoms with Gasteiger partial charge in [0.05, 0.1) is 12.4 Å². The maximum atomic E-state index is 13.1. The first-order valence-electron chi connectivity index (χ1n) is 13.8. The van der Waals surface area contributed by atoms with E-state index in [1.807, 2.05) is 42.5 Å². The number of nitrogens with zero attached hydrogens (tertiary/aromatic N) is 1. The number of H-pyrrole nitrogens is 1. The molecule has 5 N–H and O–H groups in total. The van der Waals surface area contributed by atoms with Crippen molar-refractivity contribution < 1.29 is 24.3 Å². The molecule has 0 bridgehead atoms. The molecule has 0 saturated carbocycles. The van der Waals surface area contributed by atoms with Crippen LogP contribution in [-0.2, 0) is 32.0 Å². The number of carboxylic acid groups (broad SMARTS) is 1. The van der Waals surface area contributed by atoms with E-state index in [2.05, 4.69) is 51.7 Å². The number of amides is 2. The Morgan fingerprint density at radius 3 is 1.98 bits per heavy atom. The number of imidazole rings is 1. The number of hydrogen-bond donors (Lipinski definition) is 4. The number of primary amides is 1. The van der Waals surface area contributed by atoms with Gasteiger partial charge in [0.15, 0.2) is 5.78 Å². The molecule has 0 aliphatic rings. The average molecular weight is 567 g/mol. The molecule has 9 heteroatoms. The van der Waals surface area contributed by atoms with Gasteiger partial charge in [0.2, 0.25) is 11.8 Å². The molecule has 0 saturated heterocycles. The number of aromatic amines is 1. The Morgan fingerprint density at radius 2 is 1.43 bits per heavy atom. The number of carboxylic acids is 1. The number of aliphatic carboxylic acids is 1. The van der Waals surface area contributed by atoms with Crippen LogP contribution < -0.4 is 11.1 Å². The Kier molecular flexibility index (Phi) is 10.4. The molecule has 0 fully saturated rings. The predicted octanol–water partition coefficient (Wildman–Crippen LogP) is 4.33. The van der Waals surface area contributed by atoms with E-state index in [0.29, 0.717) is 12.1 Å². The molecule has 9 nitrogen and oxygen atoms in total. The summed E-state index contributed by atoms with van der Waals surface area (Å²) in [5.41, 5.74) is 11.5. The first-order chi connectivity index (χ1) is 20.3. The van der Waals surface area contributed by atoms with Gasteiger partial charge in [-0.1, -0.05) is 78.9 Å². The van der Waals surface area contributed by atoms with Crippen molar-refractivity contribution in [1.29, 1.82) is 0 Å². The second-order valence-corrected chi connectivity index (χ2v) is 10.2. The number of carbonyl (C=O) groups is 4. The molecule has 0 unspecified atom stereocenters. The first-order valence-corrected chi connectivity index (χ1v) is 13.8. The van der Waals surface area contributed by atoms with Gasteiger partial charge in [0, 0.05) is 43.5 Å². The van der Waals surface area contributed by atoms with Crippen LogP contribution in [0.1, 0.15) is 36.9 Å². The van der Waals surface area contributed by atoms with E-state index < -0.39 is 29.6 Å². The number of aromatic nitrogens is 2. The fourth-order valence-electron chi connectivity index (χ4n) is 4.76. The molecule has 1 aromatic heterocycles. The van der Waals surface area contributed by atoms with Crippen LogP contribution >= 0.6 is 0 Å². The molecule has 42 heavy (non-hydrogen) atoms. The second kappa shape index (κ2) is 14.5. The molecular weight excluding hydrogens is 532 g/mol. The molecule has 0 spiro atoms. The molecule has 4 aromatic rings. The van der Waals surface area contributed by atoms with Gasteiger partial charge in [-0.25, -0.2) is 4.98 Å². The van der Waals surface area contributed by atoms with Crippen molar-refractivity contribution in [3.63, 3.8) is 0 Å². The van der Waals surface area contributed by atoms with Gasteiger partial charge >= 0.3 is 5.97 Å². The molecule has 216 valence electrons. The van der Waals surface area contributed by atoms with E-state index in [1.54, 1.807) is 6.20 Å². The Bertz CT molecular complexity index is 1480. The fraction of sp³-hybridized carbons (Fsp3) is 0.242. The second-order valence-electron chi connectivity index (χ2n) is 10.2.